The van der Waals surface area contributed by atoms with Crippen LogP contribution in [0.5, 0.6) is 0 Å². The van der Waals surface area contributed by atoms with E-state index >= 15 is 0 Å². The summed E-state index contributed by atoms with van der Waals surface area (Å²) in [5.74, 6) is -0.519. The van der Waals surface area contributed by atoms with Crippen LogP contribution in [-0.4, -0.2) is 37.0 Å². The topological polar surface area (TPSA) is 56.5 Å². The number of ether oxygens (including phenoxy) is 1. The van der Waals surface area contributed by atoms with E-state index in [2.05, 4.69) is 0 Å². The van der Waals surface area contributed by atoms with Crippen molar-refractivity contribution in [1.29, 1.82) is 5.26 Å². The maximum atomic E-state index is 13.6. The first-order valence-corrected chi connectivity index (χ1v) is 5.85. The molecule has 2 unspecified atom stereocenters. The average Bonchev–Trinajstić information content (AvgIpc) is 2.37. The van der Waals surface area contributed by atoms with Crippen LogP contribution in [0.3, 0.4) is 0 Å². The number of benzene rings is 1. The number of anilines is 1. The molecule has 0 saturated carbocycles. The summed E-state index contributed by atoms with van der Waals surface area (Å²) < 4.78 is 19.1. The molecule has 1 heterocycles. The van der Waals surface area contributed by atoms with Gasteiger partial charge in [0.05, 0.1) is 24.5 Å². The van der Waals surface area contributed by atoms with Gasteiger partial charge in [-0.2, -0.15) is 5.26 Å². The number of nitriles is 1. The lowest BCUT2D eigenvalue weighted by molar-refractivity contribution is -0.0421. The third kappa shape index (κ3) is 2.45. The summed E-state index contributed by atoms with van der Waals surface area (Å²) in [6.45, 7) is 2.84. The SMILES string of the molecule is CC1CN(c2cccc(F)c2C#N)CC(CO)O1. The molecule has 1 fully saturated rings. The minimum absolute atomic E-state index is 0.0447. The summed E-state index contributed by atoms with van der Waals surface area (Å²) in [5, 5.41) is 18.2. The number of aliphatic hydroxyl groups is 1. The zero-order valence-electron chi connectivity index (χ0n) is 10.1. The molecule has 0 bridgehead atoms. The molecular formula is C13H15FN2O2. The van der Waals surface area contributed by atoms with Crippen LogP contribution in [0.15, 0.2) is 18.2 Å². The molecule has 0 amide bonds. The lowest BCUT2D eigenvalue weighted by Crippen LogP contribution is -2.48. The Balaban J connectivity index is 2.31. The fourth-order valence-electron chi connectivity index (χ4n) is 2.23. The van der Waals surface area contributed by atoms with Crippen molar-refractivity contribution in [3.63, 3.8) is 0 Å². The van der Waals surface area contributed by atoms with E-state index in [0.717, 1.165) is 0 Å². The highest BCUT2D eigenvalue weighted by atomic mass is 19.1. The Morgan fingerprint density at radius 3 is 3.00 bits per heavy atom. The molecule has 1 aliphatic heterocycles. The lowest BCUT2D eigenvalue weighted by Gasteiger charge is -2.37. The molecule has 96 valence electrons. The molecular weight excluding hydrogens is 235 g/mol. The minimum atomic E-state index is -0.519. The summed E-state index contributed by atoms with van der Waals surface area (Å²) in [7, 11) is 0. The Hall–Kier alpha value is -1.64. The van der Waals surface area contributed by atoms with Crippen LogP contribution in [0.25, 0.3) is 0 Å². The average molecular weight is 250 g/mol. The van der Waals surface area contributed by atoms with Gasteiger partial charge < -0.3 is 14.7 Å². The Morgan fingerprint density at radius 2 is 2.33 bits per heavy atom. The maximum absolute atomic E-state index is 13.6. The van der Waals surface area contributed by atoms with Gasteiger partial charge in [-0.05, 0) is 19.1 Å². The standard InChI is InChI=1S/C13H15FN2O2/c1-9-6-16(7-10(8-17)18-9)13-4-2-3-12(14)11(13)5-15/h2-4,9-10,17H,6-8H2,1H3. The monoisotopic (exact) mass is 250 g/mol. The predicted molar refractivity (Wildman–Crippen MR) is 64.7 cm³/mol. The van der Waals surface area contributed by atoms with Crippen LogP contribution in [0.4, 0.5) is 10.1 Å². The van der Waals surface area contributed by atoms with Crippen LogP contribution in [0, 0.1) is 17.1 Å². The zero-order valence-corrected chi connectivity index (χ0v) is 10.1. The van der Waals surface area contributed by atoms with Crippen LogP contribution in [0.2, 0.25) is 0 Å². The number of hydrogen-bond acceptors (Lipinski definition) is 4. The summed E-state index contributed by atoms with van der Waals surface area (Å²) in [4.78, 5) is 1.89. The van der Waals surface area contributed by atoms with E-state index in [9.17, 15) is 4.39 Å². The van der Waals surface area contributed by atoms with Crippen molar-refractivity contribution in [3.05, 3.63) is 29.6 Å². The summed E-state index contributed by atoms with van der Waals surface area (Å²) >= 11 is 0. The van der Waals surface area contributed by atoms with Gasteiger partial charge in [0.1, 0.15) is 17.4 Å². The van der Waals surface area contributed by atoms with Crippen molar-refractivity contribution in [1.82, 2.24) is 0 Å². The molecule has 2 atom stereocenters. The van der Waals surface area contributed by atoms with E-state index in [0.29, 0.717) is 18.8 Å². The number of morpholine rings is 1. The molecule has 5 heteroatoms. The molecule has 0 radical (unpaired) electrons. The second kappa shape index (κ2) is 5.34. The summed E-state index contributed by atoms with van der Waals surface area (Å²) in [5.41, 5.74) is 0.606. The molecule has 1 aliphatic rings. The van der Waals surface area contributed by atoms with Crippen LogP contribution in [0.1, 0.15) is 12.5 Å². The van der Waals surface area contributed by atoms with E-state index in [1.54, 1.807) is 12.1 Å². The Bertz CT molecular complexity index is 473. The molecule has 0 spiro atoms. The zero-order chi connectivity index (χ0) is 13.1. The third-order valence-electron chi connectivity index (χ3n) is 2.97. The van der Waals surface area contributed by atoms with Gasteiger partial charge >= 0.3 is 0 Å². The van der Waals surface area contributed by atoms with Crippen molar-refractivity contribution >= 4 is 5.69 Å². The fraction of sp³-hybridized carbons (Fsp3) is 0.462. The van der Waals surface area contributed by atoms with E-state index in [1.165, 1.54) is 6.07 Å². The number of aliphatic hydroxyl groups excluding tert-OH is 1. The molecule has 1 aromatic carbocycles. The van der Waals surface area contributed by atoms with Crippen molar-refractivity contribution < 1.29 is 14.2 Å². The number of halogens is 1. The Morgan fingerprint density at radius 1 is 1.56 bits per heavy atom. The highest BCUT2D eigenvalue weighted by Crippen LogP contribution is 2.25. The molecule has 0 aromatic heterocycles. The smallest absolute Gasteiger partial charge is 0.143 e. The summed E-state index contributed by atoms with van der Waals surface area (Å²) in [6, 6.07) is 6.46. The minimum Gasteiger partial charge on any atom is -0.394 e. The van der Waals surface area contributed by atoms with E-state index in [1.807, 2.05) is 17.9 Å². The van der Waals surface area contributed by atoms with Gasteiger partial charge in [0.15, 0.2) is 0 Å². The molecule has 1 saturated heterocycles. The number of hydrogen-bond donors (Lipinski definition) is 1. The van der Waals surface area contributed by atoms with Gasteiger partial charge in [-0.1, -0.05) is 6.07 Å². The Labute approximate surface area is 105 Å². The molecule has 2 rings (SSSR count). The van der Waals surface area contributed by atoms with Crippen molar-refractivity contribution in [2.75, 3.05) is 24.6 Å². The lowest BCUT2D eigenvalue weighted by atomic mass is 10.1. The predicted octanol–water partition coefficient (Wildman–Crippen LogP) is 1.28. The molecule has 4 nitrogen and oxygen atoms in total. The van der Waals surface area contributed by atoms with E-state index < -0.39 is 5.82 Å². The van der Waals surface area contributed by atoms with E-state index in [4.69, 9.17) is 15.1 Å². The molecule has 1 aromatic rings. The third-order valence-corrected chi connectivity index (χ3v) is 2.97. The van der Waals surface area contributed by atoms with Gasteiger partial charge in [-0.15, -0.1) is 0 Å². The molecule has 1 N–H and O–H groups in total. The molecule has 0 aliphatic carbocycles. The highest BCUT2D eigenvalue weighted by molar-refractivity contribution is 5.60. The highest BCUT2D eigenvalue weighted by Gasteiger charge is 2.26. The summed E-state index contributed by atoms with van der Waals surface area (Å²) in [6.07, 6.45) is -0.366. The number of rotatable bonds is 2. The normalized spacial score (nSPS) is 23.8. The van der Waals surface area contributed by atoms with Crippen LogP contribution < -0.4 is 4.90 Å². The first-order valence-electron chi connectivity index (χ1n) is 5.85. The first-order chi connectivity index (χ1) is 8.65. The largest absolute Gasteiger partial charge is 0.394 e. The van der Waals surface area contributed by atoms with E-state index in [-0.39, 0.29) is 24.4 Å². The van der Waals surface area contributed by atoms with Gasteiger partial charge in [0, 0.05) is 13.1 Å². The maximum Gasteiger partial charge on any atom is 0.143 e. The van der Waals surface area contributed by atoms with Gasteiger partial charge in [-0.3, -0.25) is 0 Å². The number of nitrogens with zero attached hydrogens (tertiary/aromatic N) is 2. The second-order valence-electron chi connectivity index (χ2n) is 4.40. The van der Waals surface area contributed by atoms with Crippen molar-refractivity contribution in [2.24, 2.45) is 0 Å². The van der Waals surface area contributed by atoms with Crippen molar-refractivity contribution in [2.45, 2.75) is 19.1 Å². The van der Waals surface area contributed by atoms with Crippen LogP contribution in [-0.2, 0) is 4.74 Å². The van der Waals surface area contributed by atoms with Gasteiger partial charge in [0.2, 0.25) is 0 Å². The quantitative estimate of drug-likeness (QED) is 0.859. The first kappa shape index (κ1) is 12.8. The van der Waals surface area contributed by atoms with Gasteiger partial charge in [0.25, 0.3) is 0 Å². The second-order valence-corrected chi connectivity index (χ2v) is 4.40. The molecule has 18 heavy (non-hydrogen) atoms. The van der Waals surface area contributed by atoms with Crippen molar-refractivity contribution in [3.8, 4) is 6.07 Å². The fourth-order valence-corrected chi connectivity index (χ4v) is 2.23. The van der Waals surface area contributed by atoms with Gasteiger partial charge in [-0.25, -0.2) is 4.39 Å². The Kier molecular flexibility index (Phi) is 3.80. The van der Waals surface area contributed by atoms with Crippen LogP contribution >= 0.6 is 0 Å².